The predicted octanol–water partition coefficient (Wildman–Crippen LogP) is 3.14. The Labute approximate surface area is 155 Å². The fraction of sp³-hybridized carbons (Fsp3) is 0.278. The lowest BCUT2D eigenvalue weighted by Crippen LogP contribution is -2.28. The number of carboxylic acids is 1. The molecular formula is C18H16ClFO5S. The molecule has 2 aromatic carbocycles. The highest BCUT2D eigenvalue weighted by Crippen LogP contribution is 2.64. The van der Waals surface area contributed by atoms with E-state index < -0.39 is 38.2 Å². The van der Waals surface area contributed by atoms with Gasteiger partial charge in [-0.25, -0.2) is 12.8 Å². The van der Waals surface area contributed by atoms with Gasteiger partial charge in [0.15, 0.2) is 9.84 Å². The van der Waals surface area contributed by atoms with E-state index in [2.05, 4.69) is 0 Å². The summed E-state index contributed by atoms with van der Waals surface area (Å²) in [5.41, 5.74) is -1.37. The third-order valence-electron chi connectivity index (χ3n) is 4.72. The van der Waals surface area contributed by atoms with Crippen LogP contribution in [0.25, 0.3) is 0 Å². The van der Waals surface area contributed by atoms with Crippen LogP contribution in [0.5, 0.6) is 0 Å². The van der Waals surface area contributed by atoms with Gasteiger partial charge in [-0.1, -0.05) is 23.7 Å². The highest BCUT2D eigenvalue weighted by atomic mass is 35.5. The first-order valence-corrected chi connectivity index (χ1v) is 9.65. The summed E-state index contributed by atoms with van der Waals surface area (Å²) in [6, 6.07) is 10.8. The number of carboxylic acid groups (broad SMARTS) is 1. The van der Waals surface area contributed by atoms with E-state index in [1.165, 1.54) is 49.6 Å². The van der Waals surface area contributed by atoms with Crippen LogP contribution in [-0.4, -0.2) is 38.5 Å². The van der Waals surface area contributed by atoms with Crippen LogP contribution in [0.4, 0.5) is 4.39 Å². The van der Waals surface area contributed by atoms with Crippen LogP contribution in [0, 0.1) is 11.2 Å². The molecule has 1 fully saturated rings. The monoisotopic (exact) mass is 398 g/mol. The molecule has 2 aromatic rings. The van der Waals surface area contributed by atoms with Crippen LogP contribution < -0.4 is 0 Å². The minimum absolute atomic E-state index is 0.0347. The van der Waals surface area contributed by atoms with Crippen LogP contribution in [0.1, 0.15) is 11.5 Å². The number of benzene rings is 2. The number of hydrogen-bond acceptors (Lipinski definition) is 4. The number of ether oxygens (including phenoxy) is 1. The van der Waals surface area contributed by atoms with Crippen LogP contribution in [0.15, 0.2) is 53.4 Å². The maximum Gasteiger partial charge on any atom is 0.314 e. The van der Waals surface area contributed by atoms with Crippen molar-refractivity contribution < 1.29 is 27.4 Å². The van der Waals surface area contributed by atoms with E-state index >= 15 is 0 Å². The van der Waals surface area contributed by atoms with Gasteiger partial charge < -0.3 is 9.84 Å². The van der Waals surface area contributed by atoms with Gasteiger partial charge in [-0.15, -0.1) is 0 Å². The Morgan fingerprint density at radius 1 is 1.27 bits per heavy atom. The number of aliphatic carboxylic acids is 1. The van der Waals surface area contributed by atoms with Crippen molar-refractivity contribution in [2.45, 2.75) is 16.1 Å². The van der Waals surface area contributed by atoms with Gasteiger partial charge in [0, 0.05) is 18.1 Å². The van der Waals surface area contributed by atoms with E-state index in [0.29, 0.717) is 10.6 Å². The van der Waals surface area contributed by atoms with Gasteiger partial charge in [0.05, 0.1) is 16.8 Å². The number of hydrogen-bond donors (Lipinski definition) is 1. The molecule has 8 heteroatoms. The molecule has 1 aliphatic carbocycles. The Hall–Kier alpha value is -1.96. The summed E-state index contributed by atoms with van der Waals surface area (Å²) in [5.74, 6) is -2.78. The molecule has 0 bridgehead atoms. The third-order valence-corrected chi connectivity index (χ3v) is 7.26. The molecule has 0 aliphatic heterocycles. The largest absolute Gasteiger partial charge is 0.481 e. The van der Waals surface area contributed by atoms with E-state index in [-0.39, 0.29) is 11.5 Å². The fourth-order valence-electron chi connectivity index (χ4n) is 3.53. The molecule has 0 spiro atoms. The van der Waals surface area contributed by atoms with E-state index in [4.69, 9.17) is 16.3 Å². The summed E-state index contributed by atoms with van der Waals surface area (Å²) in [4.78, 5) is 12.0. The zero-order valence-corrected chi connectivity index (χ0v) is 15.3. The number of rotatable bonds is 6. The first-order valence-electron chi connectivity index (χ1n) is 7.72. The summed E-state index contributed by atoms with van der Waals surface area (Å²) in [7, 11) is -2.71. The normalized spacial score (nSPS) is 25.0. The van der Waals surface area contributed by atoms with E-state index in [1.54, 1.807) is 0 Å². The second-order valence-corrected chi connectivity index (χ2v) is 8.74. The van der Waals surface area contributed by atoms with Crippen molar-refractivity contribution in [3.63, 3.8) is 0 Å². The average molecular weight is 399 g/mol. The Kier molecular flexibility index (Phi) is 4.81. The van der Waals surface area contributed by atoms with Crippen molar-refractivity contribution in [3.05, 3.63) is 64.9 Å². The van der Waals surface area contributed by atoms with Gasteiger partial charge in [-0.05, 0) is 42.0 Å². The molecule has 1 aliphatic rings. The number of halogens is 2. The maximum absolute atomic E-state index is 13.6. The Morgan fingerprint density at radius 3 is 2.46 bits per heavy atom. The summed E-state index contributed by atoms with van der Waals surface area (Å²) in [5, 5.41) is 8.90. The Balaban J connectivity index is 2.13. The van der Waals surface area contributed by atoms with Crippen molar-refractivity contribution in [2.75, 3.05) is 13.7 Å². The second kappa shape index (κ2) is 6.64. The van der Waals surface area contributed by atoms with E-state index in [9.17, 15) is 22.7 Å². The standard InChI is InChI=1S/C18H16ClFO5S/c1-25-10-18(17(21)22)15(11-3-2-4-13(20)9-11)16(18)26(23,24)14-7-5-12(19)6-8-14/h2-9,15-16H,10H2,1H3,(H,21,22)/t15-,16+,18-/m0/s1. The van der Waals surface area contributed by atoms with Gasteiger partial charge in [0.2, 0.25) is 0 Å². The molecule has 5 nitrogen and oxygen atoms in total. The van der Waals surface area contributed by atoms with E-state index in [1.807, 2.05) is 0 Å². The van der Waals surface area contributed by atoms with Gasteiger partial charge >= 0.3 is 5.97 Å². The van der Waals surface area contributed by atoms with Crippen molar-refractivity contribution in [1.29, 1.82) is 0 Å². The SMILES string of the molecule is COC[C@@]1(C(=O)O)[C@H](S(=O)(=O)c2ccc(Cl)cc2)[C@@H]1c1cccc(F)c1. The molecule has 1 saturated carbocycles. The molecule has 3 rings (SSSR count). The fourth-order valence-corrected chi connectivity index (χ4v) is 6.01. The minimum Gasteiger partial charge on any atom is -0.481 e. The molecule has 3 atom stereocenters. The molecule has 1 N–H and O–H groups in total. The topological polar surface area (TPSA) is 80.7 Å². The lowest BCUT2D eigenvalue weighted by Gasteiger charge is -2.12. The summed E-state index contributed by atoms with van der Waals surface area (Å²) in [6.07, 6.45) is 0. The first-order chi connectivity index (χ1) is 12.2. The Morgan fingerprint density at radius 2 is 1.92 bits per heavy atom. The number of sulfone groups is 1. The molecule has 0 unspecified atom stereocenters. The molecule has 0 saturated heterocycles. The molecule has 26 heavy (non-hydrogen) atoms. The van der Waals surface area contributed by atoms with Gasteiger partial charge in [0.25, 0.3) is 0 Å². The van der Waals surface area contributed by atoms with Crippen molar-refractivity contribution in [2.24, 2.45) is 5.41 Å². The van der Waals surface area contributed by atoms with Gasteiger partial charge in [-0.3, -0.25) is 4.79 Å². The zero-order chi connectivity index (χ0) is 19.1. The lowest BCUT2D eigenvalue weighted by atomic mass is 10.00. The van der Waals surface area contributed by atoms with Gasteiger partial charge in [-0.2, -0.15) is 0 Å². The van der Waals surface area contributed by atoms with Crippen molar-refractivity contribution in [1.82, 2.24) is 0 Å². The molecule has 0 radical (unpaired) electrons. The smallest absolute Gasteiger partial charge is 0.314 e. The van der Waals surface area contributed by atoms with Crippen molar-refractivity contribution >= 4 is 27.4 Å². The molecule has 138 valence electrons. The van der Waals surface area contributed by atoms with Crippen LogP contribution in [0.2, 0.25) is 5.02 Å². The molecular weight excluding hydrogens is 383 g/mol. The summed E-state index contributed by atoms with van der Waals surface area (Å²) >= 11 is 5.80. The third kappa shape index (κ3) is 2.90. The zero-order valence-electron chi connectivity index (χ0n) is 13.7. The first kappa shape index (κ1) is 18.8. The van der Waals surface area contributed by atoms with Gasteiger partial charge in [0.1, 0.15) is 11.2 Å². The summed E-state index contributed by atoms with van der Waals surface area (Å²) < 4.78 is 44.9. The lowest BCUT2D eigenvalue weighted by molar-refractivity contribution is -0.145. The van der Waals surface area contributed by atoms with Crippen LogP contribution in [-0.2, 0) is 19.4 Å². The quantitative estimate of drug-likeness (QED) is 0.808. The minimum atomic E-state index is -4.01. The average Bonchev–Trinajstić information content (AvgIpc) is 3.27. The molecule has 0 aromatic heterocycles. The van der Waals surface area contributed by atoms with E-state index in [0.717, 1.165) is 6.07 Å². The highest BCUT2D eigenvalue weighted by Gasteiger charge is 2.76. The summed E-state index contributed by atoms with van der Waals surface area (Å²) in [6.45, 7) is -0.305. The number of carbonyl (C=O) groups is 1. The van der Waals surface area contributed by atoms with Crippen LogP contribution >= 0.6 is 11.6 Å². The molecule has 0 amide bonds. The maximum atomic E-state index is 13.6. The second-order valence-electron chi connectivity index (χ2n) is 6.23. The predicted molar refractivity (Wildman–Crippen MR) is 93.5 cm³/mol. The molecule has 0 heterocycles. The number of methoxy groups -OCH3 is 1. The highest BCUT2D eigenvalue weighted by molar-refractivity contribution is 7.92. The van der Waals surface area contributed by atoms with Crippen molar-refractivity contribution in [3.8, 4) is 0 Å². The Bertz CT molecular complexity index is 944. The van der Waals surface area contributed by atoms with Crippen LogP contribution in [0.3, 0.4) is 0 Å².